The molecule has 1 fully saturated rings. The third-order valence-corrected chi connectivity index (χ3v) is 3.03. The zero-order valence-corrected chi connectivity index (χ0v) is 10.4. The highest BCUT2D eigenvalue weighted by molar-refractivity contribution is 7.46. The number of nitrogens with one attached hydrogen (secondary N) is 2. The summed E-state index contributed by atoms with van der Waals surface area (Å²) >= 11 is 0. The van der Waals surface area contributed by atoms with E-state index in [2.05, 4.69) is 9.51 Å². The van der Waals surface area contributed by atoms with Crippen LogP contribution in [0.15, 0.2) is 24.4 Å². The molecule has 0 radical (unpaired) electrons. The van der Waals surface area contributed by atoms with Gasteiger partial charge in [-0.1, -0.05) is 6.07 Å². The fourth-order valence-corrected chi connectivity index (χ4v) is 2.31. The average molecular weight is 289 g/mol. The number of phosphoric ester groups is 1. The van der Waals surface area contributed by atoms with Crippen LogP contribution < -0.4 is 9.84 Å². The normalized spacial score (nSPS) is 37.3. The Bertz CT molecular complexity index is 927. The van der Waals surface area contributed by atoms with Gasteiger partial charge in [0.25, 0.3) is 0 Å². The van der Waals surface area contributed by atoms with Crippen LogP contribution in [0.4, 0.5) is 0 Å². The Kier molecular flexibility index (Phi) is 1.69. The van der Waals surface area contributed by atoms with Gasteiger partial charge in [-0.25, -0.2) is 4.57 Å². The Labute approximate surface area is 119 Å². The van der Waals surface area contributed by atoms with Gasteiger partial charge in [-0.2, -0.15) is 0 Å². The van der Waals surface area contributed by atoms with E-state index in [0.29, 0.717) is 0 Å². The SMILES string of the molecule is [2H]C1([2H])NC([2H])([2H])[C@@]([2H])(c2c[nH]c3cccc(OP(=O)(O)O)c23)C1([2H])[2H]. The Morgan fingerprint density at radius 1 is 1.53 bits per heavy atom. The first-order valence-electron chi connectivity index (χ1n) is 8.79. The van der Waals surface area contributed by atoms with E-state index in [9.17, 15) is 4.57 Å². The molecular weight excluding hydrogens is 267 g/mol. The van der Waals surface area contributed by atoms with Crippen LogP contribution in [0.1, 0.15) is 27.4 Å². The first kappa shape index (κ1) is 6.90. The topological polar surface area (TPSA) is 94.6 Å². The van der Waals surface area contributed by atoms with Crippen LogP contribution in [0.3, 0.4) is 0 Å². The molecule has 0 bridgehead atoms. The summed E-state index contributed by atoms with van der Waals surface area (Å²) in [5.74, 6) is -3.17. The van der Waals surface area contributed by atoms with Crippen LogP contribution in [0.2, 0.25) is 0 Å². The number of hydrogen-bond donors (Lipinski definition) is 4. The zero-order chi connectivity index (χ0) is 19.8. The van der Waals surface area contributed by atoms with Crippen molar-refractivity contribution in [1.29, 1.82) is 0 Å². The zero-order valence-electron chi connectivity index (χ0n) is 16.5. The first-order valence-corrected chi connectivity index (χ1v) is 6.82. The first-order chi connectivity index (χ1) is 11.6. The number of fused-ring (bicyclic) bond motifs is 1. The fourth-order valence-electron chi connectivity index (χ4n) is 1.91. The Morgan fingerprint density at radius 2 is 2.37 bits per heavy atom. The van der Waals surface area contributed by atoms with Crippen molar-refractivity contribution in [1.82, 2.24) is 10.3 Å². The lowest BCUT2D eigenvalue weighted by atomic mass is 9.97. The summed E-state index contributed by atoms with van der Waals surface area (Å²) in [5, 5.41) is 1.75. The molecular formula is C12H15N2O4P. The van der Waals surface area contributed by atoms with Gasteiger partial charge in [0.2, 0.25) is 0 Å². The van der Waals surface area contributed by atoms with E-state index in [4.69, 9.17) is 19.4 Å². The summed E-state index contributed by atoms with van der Waals surface area (Å²) in [4.78, 5) is 20.9. The van der Waals surface area contributed by atoms with E-state index >= 15 is 0 Å². The van der Waals surface area contributed by atoms with Gasteiger partial charge in [-0.05, 0) is 36.5 Å². The number of hydrogen-bond acceptors (Lipinski definition) is 3. The second kappa shape index (κ2) is 4.65. The molecule has 0 aliphatic carbocycles. The molecule has 1 aromatic carbocycles. The molecule has 0 amide bonds. The molecule has 3 rings (SSSR count). The number of rotatable bonds is 3. The predicted octanol–water partition coefficient (Wildman–Crippen LogP) is 1.72. The summed E-state index contributed by atoms with van der Waals surface area (Å²) in [6.07, 6.45) is -1.92. The molecule has 1 atom stereocenters. The maximum atomic E-state index is 11.2. The molecule has 2 aromatic rings. The van der Waals surface area contributed by atoms with Crippen LogP contribution >= 0.6 is 7.82 Å². The van der Waals surface area contributed by atoms with Crippen molar-refractivity contribution in [3.63, 3.8) is 0 Å². The van der Waals surface area contributed by atoms with Crippen LogP contribution in [0.25, 0.3) is 10.9 Å². The number of phosphoric acid groups is 1. The number of H-pyrrole nitrogens is 1. The highest BCUT2D eigenvalue weighted by atomic mass is 31.2. The van der Waals surface area contributed by atoms with Crippen molar-refractivity contribution in [3.05, 3.63) is 30.0 Å². The van der Waals surface area contributed by atoms with Crippen LogP contribution in [-0.4, -0.2) is 27.8 Å². The molecule has 7 heteroatoms. The summed E-state index contributed by atoms with van der Waals surface area (Å²) in [5.41, 5.74) is -0.114. The number of aromatic amines is 1. The predicted molar refractivity (Wildman–Crippen MR) is 71.2 cm³/mol. The second-order valence-corrected chi connectivity index (χ2v) is 5.00. The lowest BCUT2D eigenvalue weighted by molar-refractivity contribution is 0.284. The highest BCUT2D eigenvalue weighted by Gasteiger charge is 2.24. The maximum absolute atomic E-state index is 11.2. The third kappa shape index (κ3) is 2.53. The van der Waals surface area contributed by atoms with E-state index < -0.39 is 33.1 Å². The Balaban J connectivity index is 2.33. The molecule has 0 saturated carbocycles. The molecule has 1 aromatic heterocycles. The average Bonchev–Trinajstić information content (AvgIpc) is 2.91. The van der Waals surface area contributed by atoms with E-state index in [0.717, 1.165) is 6.20 Å². The van der Waals surface area contributed by atoms with Gasteiger partial charge in [0.1, 0.15) is 5.75 Å². The van der Waals surface area contributed by atoms with Gasteiger partial charge in [-0.15, -0.1) is 0 Å². The number of benzene rings is 1. The maximum Gasteiger partial charge on any atom is 0.524 e. The van der Waals surface area contributed by atoms with E-state index in [1.165, 1.54) is 18.2 Å². The molecule has 4 N–H and O–H groups in total. The quantitative estimate of drug-likeness (QED) is 0.645. The van der Waals surface area contributed by atoms with Crippen LogP contribution in [0.5, 0.6) is 5.75 Å². The molecule has 19 heavy (non-hydrogen) atoms. The monoisotopic (exact) mass is 289 g/mol. The van der Waals surface area contributed by atoms with E-state index in [-0.39, 0.29) is 22.2 Å². The van der Waals surface area contributed by atoms with Gasteiger partial charge in [0.15, 0.2) is 0 Å². The van der Waals surface area contributed by atoms with Crippen molar-refractivity contribution < 1.29 is 28.5 Å². The molecule has 0 unspecified atom stereocenters. The number of aromatic nitrogens is 1. The van der Waals surface area contributed by atoms with Crippen molar-refractivity contribution in [2.24, 2.45) is 0 Å². The van der Waals surface area contributed by atoms with Crippen LogP contribution in [-0.2, 0) is 4.57 Å². The van der Waals surface area contributed by atoms with E-state index in [1.54, 1.807) is 0 Å². The molecule has 1 aliphatic rings. The summed E-state index contributed by atoms with van der Waals surface area (Å²) in [6.45, 7) is -5.72. The molecule has 0 spiro atoms. The van der Waals surface area contributed by atoms with Crippen LogP contribution in [0, 0.1) is 0 Å². The summed E-state index contributed by atoms with van der Waals surface area (Å²) in [6, 6.07) is 4.06. The minimum absolute atomic E-state index is 0.113. The highest BCUT2D eigenvalue weighted by Crippen LogP contribution is 2.43. The van der Waals surface area contributed by atoms with Gasteiger partial charge < -0.3 is 14.8 Å². The molecule has 1 aliphatic heterocycles. The third-order valence-electron chi connectivity index (χ3n) is 2.59. The summed E-state index contributed by atoms with van der Waals surface area (Å²) in [7, 11) is -4.98. The smallest absolute Gasteiger partial charge is 0.404 e. The minimum Gasteiger partial charge on any atom is -0.404 e. The molecule has 102 valence electrons. The Hall–Kier alpha value is -1.33. The van der Waals surface area contributed by atoms with Crippen molar-refractivity contribution in [2.75, 3.05) is 13.0 Å². The lowest BCUT2D eigenvalue weighted by Crippen LogP contribution is -2.07. The second-order valence-electron chi connectivity index (χ2n) is 3.84. The fraction of sp³-hybridized carbons (Fsp3) is 0.333. The van der Waals surface area contributed by atoms with E-state index in [1.807, 2.05) is 5.32 Å². The van der Waals surface area contributed by atoms with Crippen molar-refractivity contribution >= 4 is 18.7 Å². The van der Waals surface area contributed by atoms with Gasteiger partial charge in [0.05, 0.1) is 0 Å². The van der Waals surface area contributed by atoms with Gasteiger partial charge >= 0.3 is 7.82 Å². The molecule has 2 heterocycles. The van der Waals surface area contributed by atoms with Crippen molar-refractivity contribution in [2.45, 2.75) is 12.3 Å². The largest absolute Gasteiger partial charge is 0.524 e. The summed E-state index contributed by atoms with van der Waals surface area (Å²) < 4.78 is 72.2. The standard InChI is InChI=1S/C12H15N2O4P/c15-19(16,17)18-11-3-1-2-10-12(11)9(7-14-10)8-4-5-13-6-8/h1-3,7-8,13-14H,4-6H2,(H2,15,16,17)/t8-/m0/s1/i4D2,5D2,6D2,8D. The lowest BCUT2D eigenvalue weighted by Gasteiger charge is -2.12. The van der Waals surface area contributed by atoms with Gasteiger partial charge in [-0.3, -0.25) is 9.79 Å². The van der Waals surface area contributed by atoms with Gasteiger partial charge in [0, 0.05) is 33.2 Å². The Morgan fingerprint density at radius 3 is 3.05 bits per heavy atom. The molecule has 6 nitrogen and oxygen atoms in total. The minimum atomic E-state index is -4.98. The van der Waals surface area contributed by atoms with Crippen molar-refractivity contribution in [3.8, 4) is 5.75 Å². The molecule has 1 saturated heterocycles.